The molecule has 1 aromatic rings. The summed E-state index contributed by atoms with van der Waals surface area (Å²) in [6.07, 6.45) is 3.33. The topological polar surface area (TPSA) is 92.5 Å². The van der Waals surface area contributed by atoms with Crippen LogP contribution in [-0.2, 0) is 4.79 Å². The Hall–Kier alpha value is -2.11. The Balaban J connectivity index is 2.31. The molecule has 0 radical (unpaired) electrons. The SMILES string of the molecule is Cc1ccc(NC2(CC(=O)O)CCCC2)c([N+](=O)[O-])c1. The Bertz CT molecular complexity index is 536. The zero-order valence-electron chi connectivity index (χ0n) is 11.4. The van der Waals surface area contributed by atoms with Gasteiger partial charge in [0.25, 0.3) is 5.69 Å². The van der Waals surface area contributed by atoms with Gasteiger partial charge in [-0.1, -0.05) is 18.9 Å². The fourth-order valence-electron chi connectivity index (χ4n) is 2.87. The summed E-state index contributed by atoms with van der Waals surface area (Å²) < 4.78 is 0. The number of hydrogen-bond acceptors (Lipinski definition) is 4. The third-order valence-corrected chi connectivity index (χ3v) is 3.80. The molecule has 0 bridgehead atoms. The van der Waals surface area contributed by atoms with Gasteiger partial charge in [0.2, 0.25) is 0 Å². The van der Waals surface area contributed by atoms with Crippen molar-refractivity contribution < 1.29 is 14.8 Å². The number of carboxylic acid groups (broad SMARTS) is 1. The Morgan fingerprint density at radius 2 is 2.10 bits per heavy atom. The van der Waals surface area contributed by atoms with Gasteiger partial charge in [-0.25, -0.2) is 0 Å². The third kappa shape index (κ3) is 3.07. The van der Waals surface area contributed by atoms with E-state index in [4.69, 9.17) is 5.11 Å². The second-order valence-corrected chi connectivity index (χ2v) is 5.46. The van der Waals surface area contributed by atoms with Crippen molar-refractivity contribution in [3.05, 3.63) is 33.9 Å². The minimum absolute atomic E-state index is 0.00154. The van der Waals surface area contributed by atoms with Crippen LogP contribution in [-0.4, -0.2) is 21.5 Å². The summed E-state index contributed by atoms with van der Waals surface area (Å²) >= 11 is 0. The lowest BCUT2D eigenvalue weighted by Gasteiger charge is -2.29. The van der Waals surface area contributed by atoms with Gasteiger partial charge in [0, 0.05) is 11.6 Å². The molecule has 20 heavy (non-hydrogen) atoms. The maximum absolute atomic E-state index is 11.1. The van der Waals surface area contributed by atoms with Gasteiger partial charge in [-0.3, -0.25) is 14.9 Å². The van der Waals surface area contributed by atoms with E-state index >= 15 is 0 Å². The summed E-state index contributed by atoms with van der Waals surface area (Å²) in [6, 6.07) is 4.96. The standard InChI is InChI=1S/C14H18N2O4/c1-10-4-5-11(12(8-10)16(19)20)15-14(9-13(17)18)6-2-3-7-14/h4-5,8,15H,2-3,6-7,9H2,1H3,(H,17,18). The van der Waals surface area contributed by atoms with E-state index in [2.05, 4.69) is 5.32 Å². The van der Waals surface area contributed by atoms with Crippen LogP contribution in [0.15, 0.2) is 18.2 Å². The van der Waals surface area contributed by atoms with Gasteiger partial charge < -0.3 is 10.4 Å². The smallest absolute Gasteiger partial charge is 0.305 e. The maximum atomic E-state index is 11.1. The fourth-order valence-corrected chi connectivity index (χ4v) is 2.87. The number of rotatable bonds is 5. The number of benzene rings is 1. The molecule has 1 aliphatic carbocycles. The first-order chi connectivity index (χ1) is 9.42. The lowest BCUT2D eigenvalue weighted by Crippen LogP contribution is -2.37. The molecule has 0 amide bonds. The number of carbonyl (C=O) groups is 1. The maximum Gasteiger partial charge on any atom is 0.305 e. The molecule has 0 aromatic heterocycles. The number of nitro groups is 1. The quantitative estimate of drug-likeness (QED) is 0.637. The molecule has 6 nitrogen and oxygen atoms in total. The van der Waals surface area contributed by atoms with E-state index in [1.165, 1.54) is 6.07 Å². The highest BCUT2D eigenvalue weighted by Gasteiger charge is 2.37. The highest BCUT2D eigenvalue weighted by molar-refractivity contribution is 5.71. The molecule has 0 aliphatic heterocycles. The summed E-state index contributed by atoms with van der Waals surface area (Å²) in [5.41, 5.74) is 0.651. The van der Waals surface area contributed by atoms with Crippen molar-refractivity contribution in [2.24, 2.45) is 0 Å². The highest BCUT2D eigenvalue weighted by atomic mass is 16.6. The minimum atomic E-state index is -0.880. The van der Waals surface area contributed by atoms with Gasteiger partial charge >= 0.3 is 5.97 Å². The van der Waals surface area contributed by atoms with Crippen LogP contribution >= 0.6 is 0 Å². The zero-order chi connectivity index (χ0) is 14.8. The van der Waals surface area contributed by atoms with Crippen LogP contribution in [0.4, 0.5) is 11.4 Å². The molecule has 0 spiro atoms. The average molecular weight is 278 g/mol. The monoisotopic (exact) mass is 278 g/mol. The zero-order valence-corrected chi connectivity index (χ0v) is 11.4. The van der Waals surface area contributed by atoms with Crippen LogP contribution in [0, 0.1) is 17.0 Å². The number of aryl methyl sites for hydroxylation is 1. The Morgan fingerprint density at radius 1 is 1.45 bits per heavy atom. The predicted octanol–water partition coefficient (Wildman–Crippen LogP) is 3.10. The summed E-state index contributed by atoms with van der Waals surface area (Å²) in [4.78, 5) is 21.7. The van der Waals surface area contributed by atoms with Crippen LogP contribution in [0.1, 0.15) is 37.7 Å². The van der Waals surface area contributed by atoms with Crippen LogP contribution in [0.25, 0.3) is 0 Å². The second kappa shape index (κ2) is 5.48. The molecule has 108 valence electrons. The lowest BCUT2D eigenvalue weighted by molar-refractivity contribution is -0.384. The lowest BCUT2D eigenvalue weighted by atomic mass is 9.92. The van der Waals surface area contributed by atoms with E-state index in [-0.39, 0.29) is 12.1 Å². The van der Waals surface area contributed by atoms with E-state index in [0.717, 1.165) is 31.2 Å². The Kier molecular flexibility index (Phi) is 3.92. The molecule has 1 aromatic carbocycles. The first-order valence-corrected chi connectivity index (χ1v) is 6.67. The van der Waals surface area contributed by atoms with Crippen molar-refractivity contribution in [2.45, 2.75) is 44.6 Å². The minimum Gasteiger partial charge on any atom is -0.481 e. The molecule has 2 N–H and O–H groups in total. The molecule has 1 fully saturated rings. The third-order valence-electron chi connectivity index (χ3n) is 3.80. The molecule has 0 unspecified atom stereocenters. The summed E-state index contributed by atoms with van der Waals surface area (Å²) in [5.74, 6) is -0.880. The number of hydrogen-bond donors (Lipinski definition) is 2. The van der Waals surface area contributed by atoms with E-state index in [0.29, 0.717) is 5.69 Å². The van der Waals surface area contributed by atoms with Gasteiger partial charge in [0.05, 0.1) is 11.3 Å². The number of anilines is 1. The molecule has 0 atom stereocenters. The van der Waals surface area contributed by atoms with Gasteiger partial charge in [-0.15, -0.1) is 0 Å². The molecular formula is C14H18N2O4. The molecule has 0 heterocycles. The Labute approximate surface area is 117 Å². The van der Waals surface area contributed by atoms with E-state index < -0.39 is 16.4 Å². The largest absolute Gasteiger partial charge is 0.481 e. The molecule has 0 saturated heterocycles. The van der Waals surface area contributed by atoms with Crippen molar-refractivity contribution in [2.75, 3.05) is 5.32 Å². The van der Waals surface area contributed by atoms with E-state index in [1.54, 1.807) is 19.1 Å². The van der Waals surface area contributed by atoms with Crippen molar-refractivity contribution in [1.82, 2.24) is 0 Å². The van der Waals surface area contributed by atoms with Crippen molar-refractivity contribution in [3.63, 3.8) is 0 Å². The number of carboxylic acids is 1. The summed E-state index contributed by atoms with van der Waals surface area (Å²) in [5, 5.41) is 23.3. The number of aliphatic carboxylic acids is 1. The molecule has 1 saturated carbocycles. The first kappa shape index (κ1) is 14.3. The summed E-state index contributed by atoms with van der Waals surface area (Å²) in [6.45, 7) is 1.79. The normalized spacial score (nSPS) is 16.9. The van der Waals surface area contributed by atoms with Crippen LogP contribution in [0.3, 0.4) is 0 Å². The van der Waals surface area contributed by atoms with Gasteiger partial charge in [-0.2, -0.15) is 0 Å². The fraction of sp³-hybridized carbons (Fsp3) is 0.500. The van der Waals surface area contributed by atoms with Crippen LogP contribution in [0.2, 0.25) is 0 Å². The van der Waals surface area contributed by atoms with Crippen molar-refractivity contribution in [3.8, 4) is 0 Å². The first-order valence-electron chi connectivity index (χ1n) is 6.67. The molecule has 1 aliphatic rings. The van der Waals surface area contributed by atoms with E-state index in [1.807, 2.05) is 0 Å². The van der Waals surface area contributed by atoms with Crippen LogP contribution in [0.5, 0.6) is 0 Å². The molecular weight excluding hydrogens is 260 g/mol. The predicted molar refractivity (Wildman–Crippen MR) is 74.9 cm³/mol. The number of nitro benzene ring substituents is 1. The number of nitrogens with zero attached hydrogens (tertiary/aromatic N) is 1. The average Bonchev–Trinajstić information content (AvgIpc) is 2.78. The second-order valence-electron chi connectivity index (χ2n) is 5.46. The van der Waals surface area contributed by atoms with Gasteiger partial charge in [0.15, 0.2) is 0 Å². The molecule has 6 heteroatoms. The number of nitrogens with one attached hydrogen (secondary N) is 1. The summed E-state index contributed by atoms with van der Waals surface area (Å²) in [7, 11) is 0. The Morgan fingerprint density at radius 3 is 2.65 bits per heavy atom. The van der Waals surface area contributed by atoms with Gasteiger partial charge in [-0.05, 0) is 31.4 Å². The van der Waals surface area contributed by atoms with Crippen LogP contribution < -0.4 is 5.32 Å². The highest BCUT2D eigenvalue weighted by Crippen LogP contribution is 2.38. The van der Waals surface area contributed by atoms with Crippen molar-refractivity contribution >= 4 is 17.3 Å². The van der Waals surface area contributed by atoms with Gasteiger partial charge in [0.1, 0.15) is 5.69 Å². The van der Waals surface area contributed by atoms with E-state index in [9.17, 15) is 14.9 Å². The van der Waals surface area contributed by atoms with Crippen molar-refractivity contribution in [1.29, 1.82) is 0 Å². The molecule has 2 rings (SSSR count).